The summed E-state index contributed by atoms with van der Waals surface area (Å²) in [6.07, 6.45) is 1.63. The number of benzene rings is 1. The largest absolute Gasteiger partial charge is 0.494 e. The molecule has 0 unspecified atom stereocenters. The Labute approximate surface area is 132 Å². The summed E-state index contributed by atoms with van der Waals surface area (Å²) in [5.74, 6) is 0.291. The second-order valence-electron chi connectivity index (χ2n) is 4.04. The second kappa shape index (κ2) is 8.08. The van der Waals surface area contributed by atoms with E-state index < -0.39 is 5.97 Å². The number of carbonyl (C=O) groups is 1. The van der Waals surface area contributed by atoms with Gasteiger partial charge in [0, 0.05) is 11.5 Å². The number of rotatable bonds is 7. The number of anilines is 1. The Balaban J connectivity index is 1.98. The molecule has 116 valence electrons. The standard InChI is InChI=1S/C14H16N4O3S/c1-3-20-11-7-5-10(6-8-11)9-15-17-13-12(16-18-22-13)14(19)21-4-2/h5-9,17H,3-4H2,1-2H3. The van der Waals surface area contributed by atoms with Gasteiger partial charge in [-0.05, 0) is 43.7 Å². The molecule has 8 heteroatoms. The Hall–Kier alpha value is -2.48. The minimum absolute atomic E-state index is 0.135. The maximum Gasteiger partial charge on any atom is 0.362 e. The average molecular weight is 320 g/mol. The summed E-state index contributed by atoms with van der Waals surface area (Å²) in [5.41, 5.74) is 3.78. The molecule has 1 heterocycles. The summed E-state index contributed by atoms with van der Waals surface area (Å²) in [6, 6.07) is 7.49. The van der Waals surface area contributed by atoms with Gasteiger partial charge in [0.05, 0.1) is 19.4 Å². The van der Waals surface area contributed by atoms with E-state index in [4.69, 9.17) is 9.47 Å². The van der Waals surface area contributed by atoms with Crippen molar-refractivity contribution in [3.63, 3.8) is 0 Å². The lowest BCUT2D eigenvalue weighted by molar-refractivity contribution is 0.0520. The highest BCUT2D eigenvalue weighted by atomic mass is 32.1. The molecule has 7 nitrogen and oxygen atoms in total. The summed E-state index contributed by atoms with van der Waals surface area (Å²) in [7, 11) is 0. The van der Waals surface area contributed by atoms with Gasteiger partial charge in [-0.3, -0.25) is 5.43 Å². The van der Waals surface area contributed by atoms with Crippen LogP contribution in [0.5, 0.6) is 5.75 Å². The van der Waals surface area contributed by atoms with Crippen molar-refractivity contribution in [3.8, 4) is 5.75 Å². The van der Waals surface area contributed by atoms with Crippen molar-refractivity contribution >= 4 is 28.7 Å². The van der Waals surface area contributed by atoms with Gasteiger partial charge in [0.1, 0.15) is 5.75 Å². The maximum absolute atomic E-state index is 11.6. The summed E-state index contributed by atoms with van der Waals surface area (Å²) in [4.78, 5) is 11.6. The first-order valence-corrected chi connectivity index (χ1v) is 7.53. The van der Waals surface area contributed by atoms with E-state index in [-0.39, 0.29) is 12.3 Å². The first kappa shape index (κ1) is 15.9. The average Bonchev–Trinajstić information content (AvgIpc) is 2.98. The lowest BCUT2D eigenvalue weighted by atomic mass is 10.2. The smallest absolute Gasteiger partial charge is 0.362 e. The highest BCUT2D eigenvalue weighted by molar-refractivity contribution is 7.10. The molecular formula is C14H16N4O3S. The molecule has 0 aliphatic heterocycles. The molecular weight excluding hydrogens is 304 g/mol. The number of ether oxygens (including phenoxy) is 2. The van der Waals surface area contributed by atoms with Crippen LogP contribution in [0.2, 0.25) is 0 Å². The summed E-state index contributed by atoms with van der Waals surface area (Å²) < 4.78 is 14.0. The van der Waals surface area contributed by atoms with E-state index in [9.17, 15) is 4.79 Å². The normalized spacial score (nSPS) is 10.6. The van der Waals surface area contributed by atoms with Gasteiger partial charge < -0.3 is 9.47 Å². The van der Waals surface area contributed by atoms with Crippen molar-refractivity contribution < 1.29 is 14.3 Å². The van der Waals surface area contributed by atoms with Crippen LogP contribution in [0, 0.1) is 0 Å². The van der Waals surface area contributed by atoms with Crippen molar-refractivity contribution in [3.05, 3.63) is 35.5 Å². The van der Waals surface area contributed by atoms with Crippen molar-refractivity contribution in [2.75, 3.05) is 18.6 Å². The number of aromatic nitrogens is 2. The molecule has 0 bridgehead atoms. The molecule has 0 saturated carbocycles. The summed E-state index contributed by atoms with van der Waals surface area (Å²) >= 11 is 1.04. The first-order chi connectivity index (χ1) is 10.7. The van der Waals surface area contributed by atoms with Crippen molar-refractivity contribution in [1.82, 2.24) is 9.59 Å². The van der Waals surface area contributed by atoms with Crippen LogP contribution in [0.1, 0.15) is 29.9 Å². The highest BCUT2D eigenvalue weighted by Crippen LogP contribution is 2.18. The number of nitrogens with one attached hydrogen (secondary N) is 1. The Bertz CT molecular complexity index is 640. The molecule has 0 saturated heterocycles. The molecule has 0 spiro atoms. The SMILES string of the molecule is CCOC(=O)c1nnsc1NN=Cc1ccc(OCC)cc1. The number of esters is 1. The van der Waals surface area contributed by atoms with E-state index in [0.717, 1.165) is 22.8 Å². The number of hydrazone groups is 1. The van der Waals surface area contributed by atoms with Gasteiger partial charge in [-0.15, -0.1) is 5.10 Å². The second-order valence-corrected chi connectivity index (χ2v) is 4.80. The minimum Gasteiger partial charge on any atom is -0.494 e. The topological polar surface area (TPSA) is 85.7 Å². The van der Waals surface area contributed by atoms with Crippen LogP contribution in [0.3, 0.4) is 0 Å². The van der Waals surface area contributed by atoms with Crippen LogP contribution in [0.25, 0.3) is 0 Å². The Kier molecular flexibility index (Phi) is 5.84. The van der Waals surface area contributed by atoms with Crippen LogP contribution < -0.4 is 10.2 Å². The quantitative estimate of drug-likeness (QED) is 0.479. The molecule has 1 aromatic heterocycles. The van der Waals surface area contributed by atoms with Crippen LogP contribution >= 0.6 is 11.5 Å². The molecule has 1 aromatic carbocycles. The summed E-state index contributed by atoms with van der Waals surface area (Å²) in [5, 5.41) is 8.25. The first-order valence-electron chi connectivity index (χ1n) is 6.76. The third-order valence-electron chi connectivity index (χ3n) is 2.53. The molecule has 0 radical (unpaired) electrons. The maximum atomic E-state index is 11.6. The van der Waals surface area contributed by atoms with Gasteiger partial charge in [-0.2, -0.15) is 5.10 Å². The van der Waals surface area contributed by atoms with Crippen molar-refractivity contribution in [1.29, 1.82) is 0 Å². The third kappa shape index (κ3) is 4.26. The predicted octanol–water partition coefficient (Wildman–Crippen LogP) is 2.56. The molecule has 2 rings (SSSR count). The number of hydrogen-bond acceptors (Lipinski definition) is 8. The fraction of sp³-hybridized carbons (Fsp3) is 0.286. The monoisotopic (exact) mass is 320 g/mol. The van der Waals surface area contributed by atoms with E-state index in [1.54, 1.807) is 13.1 Å². The zero-order valence-electron chi connectivity index (χ0n) is 12.3. The predicted molar refractivity (Wildman–Crippen MR) is 84.7 cm³/mol. The van der Waals surface area contributed by atoms with Crippen LogP contribution in [0.4, 0.5) is 5.00 Å². The van der Waals surface area contributed by atoms with Gasteiger partial charge in [-0.1, -0.05) is 4.49 Å². The third-order valence-corrected chi connectivity index (χ3v) is 3.16. The van der Waals surface area contributed by atoms with Gasteiger partial charge >= 0.3 is 5.97 Å². The van der Waals surface area contributed by atoms with E-state index in [2.05, 4.69) is 20.1 Å². The van der Waals surface area contributed by atoms with Crippen LogP contribution in [-0.2, 0) is 4.74 Å². The lowest BCUT2D eigenvalue weighted by Crippen LogP contribution is -2.07. The molecule has 22 heavy (non-hydrogen) atoms. The van der Waals surface area contributed by atoms with Crippen LogP contribution in [0.15, 0.2) is 29.4 Å². The number of carbonyl (C=O) groups excluding carboxylic acids is 1. The van der Waals surface area contributed by atoms with Crippen molar-refractivity contribution in [2.45, 2.75) is 13.8 Å². The van der Waals surface area contributed by atoms with E-state index in [1.807, 2.05) is 31.2 Å². The lowest BCUT2D eigenvalue weighted by Gasteiger charge is -2.02. The van der Waals surface area contributed by atoms with E-state index in [0.29, 0.717) is 11.6 Å². The minimum atomic E-state index is -0.519. The molecule has 0 amide bonds. The van der Waals surface area contributed by atoms with Gasteiger partial charge in [0.25, 0.3) is 0 Å². The Morgan fingerprint density at radius 1 is 1.32 bits per heavy atom. The van der Waals surface area contributed by atoms with Crippen LogP contribution in [-0.4, -0.2) is 35.0 Å². The van der Waals surface area contributed by atoms with Gasteiger partial charge in [0.2, 0.25) is 5.69 Å². The summed E-state index contributed by atoms with van der Waals surface area (Å²) in [6.45, 7) is 4.58. The molecule has 1 N–H and O–H groups in total. The van der Waals surface area contributed by atoms with Gasteiger partial charge in [0.15, 0.2) is 5.00 Å². The molecule has 0 fully saturated rings. The van der Waals surface area contributed by atoms with E-state index >= 15 is 0 Å². The molecule has 0 aliphatic carbocycles. The molecule has 0 atom stereocenters. The number of hydrogen-bond donors (Lipinski definition) is 1. The Morgan fingerprint density at radius 3 is 2.77 bits per heavy atom. The highest BCUT2D eigenvalue weighted by Gasteiger charge is 2.17. The van der Waals surface area contributed by atoms with Gasteiger partial charge in [-0.25, -0.2) is 4.79 Å². The molecule has 2 aromatic rings. The van der Waals surface area contributed by atoms with E-state index in [1.165, 1.54) is 0 Å². The number of nitrogens with zero attached hydrogens (tertiary/aromatic N) is 3. The zero-order chi connectivity index (χ0) is 15.8. The fourth-order valence-corrected chi connectivity index (χ4v) is 2.09. The Morgan fingerprint density at radius 2 is 2.09 bits per heavy atom. The van der Waals surface area contributed by atoms with Crippen molar-refractivity contribution in [2.24, 2.45) is 5.10 Å². The molecule has 0 aliphatic rings. The fourth-order valence-electron chi connectivity index (χ4n) is 1.58. The zero-order valence-corrected chi connectivity index (χ0v) is 13.1.